The van der Waals surface area contributed by atoms with Crippen molar-refractivity contribution < 1.29 is 22.6 Å². The van der Waals surface area contributed by atoms with E-state index in [1.54, 1.807) is 4.90 Å². The molecule has 3 rings (SSSR count). The number of piperazine rings is 1. The third kappa shape index (κ3) is 5.30. The molecule has 1 saturated heterocycles. The first-order valence-electron chi connectivity index (χ1n) is 9.92. The lowest BCUT2D eigenvalue weighted by Crippen LogP contribution is -2.59. The minimum atomic E-state index is -3.19. The monoisotopic (exact) mass is 502 g/mol. The molecular formula is C22H22Cl2F2N2O3S. The first-order chi connectivity index (χ1) is 15.1. The average molecular weight is 503 g/mol. The van der Waals surface area contributed by atoms with Crippen LogP contribution in [-0.4, -0.2) is 58.2 Å². The number of carbonyl (C=O) groups excluding carboxylic acids is 2. The Bertz CT molecular complexity index is 1050. The van der Waals surface area contributed by atoms with Gasteiger partial charge in [-0.15, -0.1) is 0 Å². The van der Waals surface area contributed by atoms with Gasteiger partial charge in [-0.1, -0.05) is 29.3 Å². The maximum Gasteiger partial charge on any atom is 0.296 e. The maximum absolute atomic E-state index is 13.2. The Morgan fingerprint density at radius 1 is 1.09 bits per heavy atom. The van der Waals surface area contributed by atoms with Gasteiger partial charge in [0.15, 0.2) is 0 Å². The van der Waals surface area contributed by atoms with Crippen molar-refractivity contribution in [2.45, 2.75) is 37.3 Å². The van der Waals surface area contributed by atoms with Gasteiger partial charge < -0.3 is 9.80 Å². The normalized spacial score (nSPS) is 19.8. The fraction of sp³-hybridized carbons (Fsp3) is 0.364. The van der Waals surface area contributed by atoms with E-state index in [0.717, 1.165) is 5.69 Å². The van der Waals surface area contributed by atoms with Gasteiger partial charge >= 0.3 is 0 Å². The van der Waals surface area contributed by atoms with Crippen molar-refractivity contribution in [1.82, 2.24) is 4.90 Å². The second kappa shape index (κ2) is 10.3. The van der Waals surface area contributed by atoms with Crippen LogP contribution in [0.1, 0.15) is 24.2 Å². The van der Waals surface area contributed by atoms with Gasteiger partial charge in [0.1, 0.15) is 0 Å². The standard InChI is InChI=1S/C22H22Cl2F2N2O3S/c1-13-14(2)28(9-8-27(13)17-5-3-4-16(23)11-17)22(30)15-6-7-20(18(24)10-15)32(31)12-19(29)21(25)26/h3-7,10-11,13-14,21H,8-9,12H2,1-2H3. The van der Waals surface area contributed by atoms with Gasteiger partial charge in [0.2, 0.25) is 5.78 Å². The van der Waals surface area contributed by atoms with Crippen molar-refractivity contribution in [2.75, 3.05) is 23.7 Å². The minimum Gasteiger partial charge on any atom is -0.365 e. The fourth-order valence-corrected chi connectivity index (χ4v) is 5.36. The molecule has 1 heterocycles. The molecule has 0 saturated carbocycles. The molecule has 3 unspecified atom stereocenters. The first kappa shape index (κ1) is 24.6. The highest BCUT2D eigenvalue weighted by Crippen LogP contribution is 2.28. The Labute approximate surface area is 197 Å². The summed E-state index contributed by atoms with van der Waals surface area (Å²) in [5, 5.41) is 0.637. The summed E-state index contributed by atoms with van der Waals surface area (Å²) in [6.45, 7) is 5.08. The van der Waals surface area contributed by atoms with Gasteiger partial charge in [-0.25, -0.2) is 8.78 Å². The molecule has 1 aliphatic heterocycles. The van der Waals surface area contributed by atoms with E-state index in [0.29, 0.717) is 23.7 Å². The summed E-state index contributed by atoms with van der Waals surface area (Å²) in [4.78, 5) is 28.3. The van der Waals surface area contributed by atoms with Gasteiger partial charge in [0, 0.05) is 41.4 Å². The number of amides is 1. The van der Waals surface area contributed by atoms with E-state index in [1.165, 1.54) is 18.2 Å². The molecule has 32 heavy (non-hydrogen) atoms. The third-order valence-corrected chi connectivity index (χ3v) is 7.66. The summed E-state index contributed by atoms with van der Waals surface area (Å²) in [5.74, 6) is -2.48. The zero-order valence-corrected chi connectivity index (χ0v) is 19.8. The SMILES string of the molecule is CC1C(C)N(c2cccc(Cl)c2)CCN1C(=O)c1ccc(S(=O)CC(=O)C(F)F)c(Cl)c1. The van der Waals surface area contributed by atoms with Crippen molar-refractivity contribution in [3.05, 3.63) is 58.1 Å². The zero-order valence-electron chi connectivity index (χ0n) is 17.4. The number of carbonyl (C=O) groups is 2. The summed E-state index contributed by atoms with van der Waals surface area (Å²) in [5.41, 5.74) is 1.28. The van der Waals surface area contributed by atoms with Crippen LogP contribution in [0.15, 0.2) is 47.4 Å². The second-order valence-corrected chi connectivity index (χ2v) is 9.82. The Morgan fingerprint density at radius 2 is 1.81 bits per heavy atom. The van der Waals surface area contributed by atoms with Crippen molar-refractivity contribution >= 4 is 51.4 Å². The lowest BCUT2D eigenvalue weighted by atomic mass is 10.0. The molecule has 2 aromatic carbocycles. The quantitative estimate of drug-likeness (QED) is 0.575. The third-order valence-electron chi connectivity index (χ3n) is 5.60. The molecule has 0 spiro atoms. The van der Waals surface area contributed by atoms with E-state index in [9.17, 15) is 22.6 Å². The minimum absolute atomic E-state index is 0.00508. The molecule has 1 fully saturated rings. The molecule has 2 aromatic rings. The number of benzene rings is 2. The summed E-state index contributed by atoms with van der Waals surface area (Å²) < 4.78 is 37.1. The lowest BCUT2D eigenvalue weighted by molar-refractivity contribution is -0.126. The zero-order chi connectivity index (χ0) is 23.6. The molecule has 10 heteroatoms. The number of nitrogens with zero attached hydrogens (tertiary/aromatic N) is 2. The van der Waals surface area contributed by atoms with E-state index in [1.807, 2.05) is 38.1 Å². The van der Waals surface area contributed by atoms with Crippen LogP contribution in [0, 0.1) is 0 Å². The number of ketones is 1. The topological polar surface area (TPSA) is 57.7 Å². The summed E-state index contributed by atoms with van der Waals surface area (Å²) in [7, 11) is -2.02. The molecular weight excluding hydrogens is 481 g/mol. The number of hydrogen-bond donors (Lipinski definition) is 0. The number of halogens is 4. The molecule has 0 bridgehead atoms. The van der Waals surface area contributed by atoms with Gasteiger partial charge in [-0.3, -0.25) is 13.8 Å². The van der Waals surface area contributed by atoms with Crippen LogP contribution >= 0.6 is 23.2 Å². The number of Topliss-reactive ketones (excluding diaryl/α,β-unsaturated/α-hetero) is 1. The summed E-state index contributed by atoms with van der Waals surface area (Å²) in [6.07, 6.45) is -3.19. The Kier molecular flexibility index (Phi) is 7.90. The van der Waals surface area contributed by atoms with Crippen molar-refractivity contribution in [3.63, 3.8) is 0 Å². The highest BCUT2D eigenvalue weighted by Gasteiger charge is 2.34. The average Bonchev–Trinajstić information content (AvgIpc) is 2.74. The number of hydrogen-bond acceptors (Lipinski definition) is 4. The Balaban J connectivity index is 1.74. The van der Waals surface area contributed by atoms with Gasteiger partial charge in [-0.2, -0.15) is 0 Å². The van der Waals surface area contributed by atoms with E-state index < -0.39 is 28.8 Å². The molecule has 0 aromatic heterocycles. The molecule has 0 radical (unpaired) electrons. The van der Waals surface area contributed by atoms with Crippen molar-refractivity contribution in [2.24, 2.45) is 0 Å². The lowest BCUT2D eigenvalue weighted by Gasteiger charge is -2.46. The van der Waals surface area contributed by atoms with Crippen molar-refractivity contribution in [3.8, 4) is 0 Å². The Hall–Kier alpha value is -2.03. The van der Waals surface area contributed by atoms with E-state index in [-0.39, 0.29) is 27.9 Å². The summed E-state index contributed by atoms with van der Waals surface area (Å²) in [6, 6.07) is 11.6. The number of rotatable bonds is 6. The highest BCUT2D eigenvalue weighted by molar-refractivity contribution is 7.86. The number of alkyl halides is 2. The molecule has 3 atom stereocenters. The molecule has 172 valence electrons. The molecule has 1 aliphatic rings. The predicted octanol–water partition coefficient (Wildman–Crippen LogP) is 4.67. The maximum atomic E-state index is 13.2. The first-order valence-corrected chi connectivity index (χ1v) is 12.0. The van der Waals surface area contributed by atoms with Crippen LogP contribution in [0.3, 0.4) is 0 Å². The molecule has 1 amide bonds. The van der Waals surface area contributed by atoms with Crippen molar-refractivity contribution in [1.29, 1.82) is 0 Å². The Morgan fingerprint density at radius 3 is 2.44 bits per heavy atom. The smallest absolute Gasteiger partial charge is 0.296 e. The molecule has 0 aliphatic carbocycles. The summed E-state index contributed by atoms with van der Waals surface area (Å²) >= 11 is 12.3. The van der Waals surface area contributed by atoms with Crippen LogP contribution in [0.4, 0.5) is 14.5 Å². The van der Waals surface area contributed by atoms with Gasteiger partial charge in [-0.05, 0) is 50.2 Å². The van der Waals surface area contributed by atoms with E-state index >= 15 is 0 Å². The van der Waals surface area contributed by atoms with E-state index in [4.69, 9.17) is 23.2 Å². The molecule has 0 N–H and O–H groups in total. The van der Waals surface area contributed by atoms with Crippen LogP contribution in [0.25, 0.3) is 0 Å². The fourth-order valence-electron chi connectivity index (χ4n) is 3.70. The predicted molar refractivity (Wildman–Crippen MR) is 122 cm³/mol. The van der Waals surface area contributed by atoms with E-state index in [2.05, 4.69) is 4.90 Å². The van der Waals surface area contributed by atoms with Gasteiger partial charge in [0.25, 0.3) is 12.3 Å². The number of anilines is 1. The van der Waals surface area contributed by atoms with Gasteiger partial charge in [0.05, 0.1) is 26.5 Å². The largest absolute Gasteiger partial charge is 0.365 e. The van der Waals surface area contributed by atoms with Crippen LogP contribution in [0.5, 0.6) is 0 Å². The van der Waals surface area contributed by atoms with Crippen LogP contribution in [-0.2, 0) is 15.6 Å². The highest BCUT2D eigenvalue weighted by atomic mass is 35.5. The van der Waals surface area contributed by atoms with Crippen LogP contribution < -0.4 is 4.90 Å². The second-order valence-electron chi connectivity index (χ2n) is 7.56. The molecule has 5 nitrogen and oxygen atoms in total. The van der Waals surface area contributed by atoms with Crippen LogP contribution in [0.2, 0.25) is 10.0 Å².